The van der Waals surface area contributed by atoms with E-state index in [9.17, 15) is 8.42 Å². The van der Waals surface area contributed by atoms with Crippen molar-refractivity contribution in [1.29, 1.82) is 0 Å². The van der Waals surface area contributed by atoms with Crippen LogP contribution >= 0.6 is 22.6 Å². The van der Waals surface area contributed by atoms with Crippen molar-refractivity contribution >= 4 is 32.4 Å². The van der Waals surface area contributed by atoms with Crippen LogP contribution in [-0.2, 0) is 16.3 Å². The third kappa shape index (κ3) is 5.27. The predicted molar refractivity (Wildman–Crippen MR) is 75.4 cm³/mol. The van der Waals surface area contributed by atoms with Crippen molar-refractivity contribution in [2.24, 2.45) is 0 Å². The Bertz CT molecular complexity index is 428. The van der Waals surface area contributed by atoms with E-state index in [1.807, 2.05) is 24.3 Å². The summed E-state index contributed by atoms with van der Waals surface area (Å²) in [5, 5.41) is 3.04. The summed E-state index contributed by atoms with van der Waals surface area (Å²) in [6.45, 7) is 0. The van der Waals surface area contributed by atoms with Gasteiger partial charge >= 0.3 is 0 Å². The summed E-state index contributed by atoms with van der Waals surface area (Å²) < 4.78 is 23.6. The Balaban J connectivity index is 2.67. The number of hydrogen-bond donors (Lipinski definition) is 1. The van der Waals surface area contributed by atoms with Gasteiger partial charge in [0.25, 0.3) is 0 Å². The van der Waals surface area contributed by atoms with Gasteiger partial charge in [0.2, 0.25) is 0 Å². The van der Waals surface area contributed by atoms with Crippen LogP contribution in [0.1, 0.15) is 5.56 Å². The molecule has 1 atom stereocenters. The second kappa shape index (κ2) is 5.97. The zero-order valence-electron chi connectivity index (χ0n) is 9.40. The summed E-state index contributed by atoms with van der Waals surface area (Å²) in [7, 11) is -1.13. The lowest BCUT2D eigenvalue weighted by Crippen LogP contribution is -2.34. The Morgan fingerprint density at radius 1 is 1.31 bits per heavy atom. The lowest BCUT2D eigenvalue weighted by atomic mass is 10.1. The minimum atomic E-state index is -2.93. The molecule has 0 bridgehead atoms. The molecule has 0 fully saturated rings. The van der Waals surface area contributed by atoms with E-state index < -0.39 is 9.84 Å². The molecule has 0 aromatic heterocycles. The average molecular weight is 353 g/mol. The van der Waals surface area contributed by atoms with Crippen LogP contribution < -0.4 is 5.32 Å². The summed E-state index contributed by atoms with van der Waals surface area (Å²) in [5.41, 5.74) is 1.16. The SMILES string of the molecule is CNC(Cc1ccc(I)cc1)CS(C)(=O)=O. The molecule has 0 aliphatic rings. The molecule has 1 rings (SSSR count). The maximum Gasteiger partial charge on any atom is 0.148 e. The molecule has 5 heteroatoms. The number of benzene rings is 1. The lowest BCUT2D eigenvalue weighted by Gasteiger charge is -2.15. The highest BCUT2D eigenvalue weighted by atomic mass is 127. The molecule has 16 heavy (non-hydrogen) atoms. The highest BCUT2D eigenvalue weighted by molar-refractivity contribution is 14.1. The molecule has 0 amide bonds. The van der Waals surface area contributed by atoms with E-state index in [1.54, 1.807) is 7.05 Å². The highest BCUT2D eigenvalue weighted by Gasteiger charge is 2.13. The fraction of sp³-hybridized carbons (Fsp3) is 0.455. The van der Waals surface area contributed by atoms with Gasteiger partial charge in [-0.15, -0.1) is 0 Å². The first kappa shape index (κ1) is 13.9. The van der Waals surface area contributed by atoms with E-state index in [0.717, 1.165) is 12.0 Å². The molecule has 0 heterocycles. The van der Waals surface area contributed by atoms with Crippen molar-refractivity contribution < 1.29 is 8.42 Å². The summed E-state index contributed by atoms with van der Waals surface area (Å²) in [6, 6.07) is 8.12. The standard InChI is InChI=1S/C11H16INO2S/c1-13-11(8-16(2,14)15)7-9-3-5-10(12)6-4-9/h3-6,11,13H,7-8H2,1-2H3. The van der Waals surface area contributed by atoms with Gasteiger partial charge in [0, 0.05) is 15.9 Å². The van der Waals surface area contributed by atoms with Gasteiger partial charge in [0.05, 0.1) is 5.75 Å². The van der Waals surface area contributed by atoms with Gasteiger partial charge in [-0.2, -0.15) is 0 Å². The number of hydrogen-bond acceptors (Lipinski definition) is 3. The molecule has 0 spiro atoms. The molecular weight excluding hydrogens is 337 g/mol. The normalized spacial score (nSPS) is 13.7. The molecule has 0 aliphatic heterocycles. The zero-order valence-corrected chi connectivity index (χ0v) is 12.4. The molecule has 0 saturated carbocycles. The van der Waals surface area contributed by atoms with Gasteiger partial charge in [0.1, 0.15) is 9.84 Å². The van der Waals surface area contributed by atoms with E-state index in [1.165, 1.54) is 9.83 Å². The van der Waals surface area contributed by atoms with E-state index in [4.69, 9.17) is 0 Å². The van der Waals surface area contributed by atoms with Gasteiger partial charge in [-0.25, -0.2) is 8.42 Å². The molecule has 90 valence electrons. The minimum Gasteiger partial charge on any atom is -0.316 e. The lowest BCUT2D eigenvalue weighted by molar-refractivity contribution is 0.567. The third-order valence-corrected chi connectivity index (χ3v) is 4.03. The first-order valence-electron chi connectivity index (χ1n) is 5.00. The number of halogens is 1. The highest BCUT2D eigenvalue weighted by Crippen LogP contribution is 2.09. The maximum atomic E-state index is 11.2. The van der Waals surface area contributed by atoms with Gasteiger partial charge in [-0.05, 0) is 53.8 Å². The van der Waals surface area contributed by atoms with Gasteiger partial charge in [-0.3, -0.25) is 0 Å². The molecule has 1 aromatic rings. The fourth-order valence-corrected chi connectivity index (χ4v) is 2.89. The third-order valence-electron chi connectivity index (χ3n) is 2.31. The fourth-order valence-electron chi connectivity index (χ4n) is 1.51. The van der Waals surface area contributed by atoms with Crippen molar-refractivity contribution in [3.63, 3.8) is 0 Å². The summed E-state index contributed by atoms with van der Waals surface area (Å²) >= 11 is 2.25. The van der Waals surface area contributed by atoms with Crippen molar-refractivity contribution in [1.82, 2.24) is 5.32 Å². The second-order valence-corrected chi connectivity index (χ2v) is 7.34. The summed E-state index contributed by atoms with van der Waals surface area (Å²) in [4.78, 5) is 0. The van der Waals surface area contributed by atoms with Crippen molar-refractivity contribution in [2.75, 3.05) is 19.1 Å². The molecular formula is C11H16INO2S. The maximum absolute atomic E-state index is 11.2. The van der Waals surface area contributed by atoms with Gasteiger partial charge in [0.15, 0.2) is 0 Å². The Hall–Kier alpha value is -0.140. The number of sulfone groups is 1. The van der Waals surface area contributed by atoms with Crippen molar-refractivity contribution in [3.05, 3.63) is 33.4 Å². The monoisotopic (exact) mass is 353 g/mol. The zero-order chi connectivity index (χ0) is 12.2. The Morgan fingerprint density at radius 2 is 1.88 bits per heavy atom. The van der Waals surface area contributed by atoms with E-state index in [2.05, 4.69) is 27.9 Å². The molecule has 1 unspecified atom stereocenters. The molecule has 0 radical (unpaired) electrons. The number of likely N-dealkylation sites (N-methyl/N-ethyl adjacent to an activating group) is 1. The summed E-state index contributed by atoms with van der Waals surface area (Å²) in [6.07, 6.45) is 2.01. The van der Waals surface area contributed by atoms with Crippen LogP contribution in [0.25, 0.3) is 0 Å². The van der Waals surface area contributed by atoms with E-state index in [0.29, 0.717) is 0 Å². The molecule has 1 aromatic carbocycles. The van der Waals surface area contributed by atoms with Crippen LogP contribution in [0.2, 0.25) is 0 Å². The molecule has 3 nitrogen and oxygen atoms in total. The van der Waals surface area contributed by atoms with Gasteiger partial charge < -0.3 is 5.32 Å². The topological polar surface area (TPSA) is 46.2 Å². The Morgan fingerprint density at radius 3 is 2.31 bits per heavy atom. The quantitative estimate of drug-likeness (QED) is 0.816. The average Bonchev–Trinajstić information content (AvgIpc) is 2.18. The van der Waals surface area contributed by atoms with Crippen LogP contribution in [0.15, 0.2) is 24.3 Å². The number of rotatable bonds is 5. The molecule has 0 saturated heterocycles. The first-order valence-corrected chi connectivity index (χ1v) is 8.14. The van der Waals surface area contributed by atoms with Crippen molar-refractivity contribution in [3.8, 4) is 0 Å². The van der Waals surface area contributed by atoms with Gasteiger partial charge in [-0.1, -0.05) is 12.1 Å². The van der Waals surface area contributed by atoms with Crippen LogP contribution in [0.3, 0.4) is 0 Å². The smallest absolute Gasteiger partial charge is 0.148 e. The predicted octanol–water partition coefficient (Wildman–Crippen LogP) is 1.47. The van der Waals surface area contributed by atoms with Crippen LogP contribution in [0, 0.1) is 3.57 Å². The Labute approximate surface area is 111 Å². The Kier molecular flexibility index (Phi) is 5.20. The molecule has 0 aliphatic carbocycles. The van der Waals surface area contributed by atoms with E-state index in [-0.39, 0.29) is 11.8 Å². The molecule has 1 N–H and O–H groups in total. The van der Waals surface area contributed by atoms with E-state index >= 15 is 0 Å². The van der Waals surface area contributed by atoms with Crippen LogP contribution in [0.4, 0.5) is 0 Å². The number of nitrogens with one attached hydrogen (secondary N) is 1. The van der Waals surface area contributed by atoms with Crippen LogP contribution in [0.5, 0.6) is 0 Å². The second-order valence-electron chi connectivity index (χ2n) is 3.91. The van der Waals surface area contributed by atoms with Crippen LogP contribution in [-0.4, -0.2) is 33.5 Å². The summed E-state index contributed by atoms with van der Waals surface area (Å²) in [5.74, 6) is 0.176. The first-order chi connectivity index (χ1) is 7.40. The van der Waals surface area contributed by atoms with Crippen molar-refractivity contribution in [2.45, 2.75) is 12.5 Å². The minimum absolute atomic E-state index is 0.0185. The largest absolute Gasteiger partial charge is 0.316 e.